The Hall–Kier alpha value is -0.160. The largest absolute Gasteiger partial charge is 0.392 e. The fraction of sp³-hybridized carbons (Fsp3) is 1.00. The van der Waals surface area contributed by atoms with Crippen LogP contribution in [-0.2, 0) is 4.74 Å². The summed E-state index contributed by atoms with van der Waals surface area (Å²) in [5.74, 6) is 0. The summed E-state index contributed by atoms with van der Waals surface area (Å²) in [6.07, 6.45) is 1.14. The Labute approximate surface area is 97.0 Å². The van der Waals surface area contributed by atoms with Gasteiger partial charge in [-0.2, -0.15) is 0 Å². The van der Waals surface area contributed by atoms with Crippen LogP contribution in [0.5, 0.6) is 0 Å². The Kier molecular flexibility index (Phi) is 3.03. The van der Waals surface area contributed by atoms with Gasteiger partial charge in [0.25, 0.3) is 0 Å². The molecule has 0 aromatic rings. The highest BCUT2D eigenvalue weighted by molar-refractivity contribution is 5.03. The van der Waals surface area contributed by atoms with Gasteiger partial charge in [-0.3, -0.25) is 0 Å². The SMILES string of the molecule is CC1OCCC1(O)CNC1CC(O)C1(C)C. The minimum Gasteiger partial charge on any atom is -0.392 e. The number of nitrogens with one attached hydrogen (secondary N) is 1. The first-order chi connectivity index (χ1) is 7.36. The summed E-state index contributed by atoms with van der Waals surface area (Å²) in [6, 6.07) is 0.291. The van der Waals surface area contributed by atoms with E-state index in [2.05, 4.69) is 19.2 Å². The maximum Gasteiger partial charge on any atom is 0.105 e. The summed E-state index contributed by atoms with van der Waals surface area (Å²) in [6.45, 7) is 7.20. The molecule has 4 heteroatoms. The molecule has 4 unspecified atom stereocenters. The van der Waals surface area contributed by atoms with Crippen LogP contribution in [0.1, 0.15) is 33.6 Å². The van der Waals surface area contributed by atoms with Crippen LogP contribution in [0.25, 0.3) is 0 Å². The second kappa shape index (κ2) is 3.95. The summed E-state index contributed by atoms with van der Waals surface area (Å²) in [5.41, 5.74) is -0.824. The monoisotopic (exact) mass is 229 g/mol. The van der Waals surface area contributed by atoms with E-state index in [-0.39, 0.29) is 17.6 Å². The van der Waals surface area contributed by atoms with Crippen molar-refractivity contribution in [3.63, 3.8) is 0 Å². The van der Waals surface area contributed by atoms with Crippen molar-refractivity contribution in [3.8, 4) is 0 Å². The van der Waals surface area contributed by atoms with Crippen LogP contribution in [0.15, 0.2) is 0 Å². The first kappa shape index (κ1) is 12.3. The van der Waals surface area contributed by atoms with E-state index in [0.29, 0.717) is 25.6 Å². The van der Waals surface area contributed by atoms with Gasteiger partial charge in [0.15, 0.2) is 0 Å². The minimum atomic E-state index is -0.739. The van der Waals surface area contributed by atoms with Gasteiger partial charge in [-0.1, -0.05) is 13.8 Å². The molecule has 1 saturated carbocycles. The summed E-state index contributed by atoms with van der Waals surface area (Å²) >= 11 is 0. The standard InChI is InChI=1S/C12H23NO3/c1-8-12(15,4-5-16-8)7-13-9-6-10(14)11(9,2)3/h8-10,13-15H,4-7H2,1-3H3. The van der Waals surface area contributed by atoms with Gasteiger partial charge in [0, 0.05) is 31.0 Å². The molecule has 4 atom stereocenters. The predicted octanol–water partition coefficient (Wildman–Crippen LogP) is 0.275. The molecule has 0 aromatic carbocycles. The molecule has 0 bridgehead atoms. The van der Waals surface area contributed by atoms with Gasteiger partial charge in [-0.15, -0.1) is 0 Å². The summed E-state index contributed by atoms with van der Waals surface area (Å²) in [4.78, 5) is 0. The zero-order valence-corrected chi connectivity index (χ0v) is 10.4. The van der Waals surface area contributed by atoms with Gasteiger partial charge >= 0.3 is 0 Å². The lowest BCUT2D eigenvalue weighted by Crippen LogP contribution is -2.62. The second-order valence-electron chi connectivity index (χ2n) is 5.87. The van der Waals surface area contributed by atoms with E-state index in [1.807, 2.05) is 6.92 Å². The van der Waals surface area contributed by atoms with Gasteiger partial charge in [0.05, 0.1) is 12.2 Å². The van der Waals surface area contributed by atoms with Crippen molar-refractivity contribution in [1.29, 1.82) is 0 Å². The zero-order valence-electron chi connectivity index (χ0n) is 10.4. The Bertz CT molecular complexity index is 269. The van der Waals surface area contributed by atoms with E-state index < -0.39 is 5.60 Å². The van der Waals surface area contributed by atoms with Crippen LogP contribution in [-0.4, -0.2) is 47.2 Å². The first-order valence-corrected chi connectivity index (χ1v) is 6.12. The molecule has 0 radical (unpaired) electrons. The highest BCUT2D eigenvalue weighted by atomic mass is 16.5. The van der Waals surface area contributed by atoms with E-state index in [4.69, 9.17) is 4.74 Å². The van der Waals surface area contributed by atoms with E-state index in [9.17, 15) is 10.2 Å². The maximum absolute atomic E-state index is 10.3. The average Bonchev–Trinajstić information content (AvgIpc) is 2.54. The van der Waals surface area contributed by atoms with Gasteiger partial charge in [-0.25, -0.2) is 0 Å². The van der Waals surface area contributed by atoms with Crippen molar-refractivity contribution in [3.05, 3.63) is 0 Å². The van der Waals surface area contributed by atoms with Crippen LogP contribution in [0, 0.1) is 5.41 Å². The van der Waals surface area contributed by atoms with Crippen LogP contribution in [0.3, 0.4) is 0 Å². The van der Waals surface area contributed by atoms with Gasteiger partial charge in [0.2, 0.25) is 0 Å². The third-order valence-corrected chi connectivity index (χ3v) is 4.53. The van der Waals surface area contributed by atoms with Crippen LogP contribution < -0.4 is 5.32 Å². The lowest BCUT2D eigenvalue weighted by molar-refractivity contribution is -0.0858. The molecule has 2 aliphatic rings. The Morgan fingerprint density at radius 1 is 1.44 bits per heavy atom. The molecular weight excluding hydrogens is 206 g/mol. The third kappa shape index (κ3) is 1.88. The molecule has 0 spiro atoms. The van der Waals surface area contributed by atoms with Crippen molar-refractivity contribution < 1.29 is 14.9 Å². The van der Waals surface area contributed by atoms with Crippen molar-refractivity contribution in [2.24, 2.45) is 5.41 Å². The Morgan fingerprint density at radius 2 is 2.12 bits per heavy atom. The number of hydrogen-bond donors (Lipinski definition) is 3. The fourth-order valence-electron chi connectivity index (χ4n) is 2.55. The number of hydrogen-bond acceptors (Lipinski definition) is 4. The molecule has 1 aliphatic carbocycles. The van der Waals surface area contributed by atoms with Gasteiger partial charge < -0.3 is 20.3 Å². The van der Waals surface area contributed by atoms with E-state index >= 15 is 0 Å². The number of aliphatic hydroxyl groups excluding tert-OH is 1. The lowest BCUT2D eigenvalue weighted by atomic mass is 9.64. The summed E-state index contributed by atoms with van der Waals surface area (Å²) < 4.78 is 5.39. The van der Waals surface area contributed by atoms with Crippen LogP contribution >= 0.6 is 0 Å². The molecule has 94 valence electrons. The minimum absolute atomic E-state index is 0.0843. The van der Waals surface area contributed by atoms with Gasteiger partial charge in [0.1, 0.15) is 5.60 Å². The Balaban J connectivity index is 1.84. The fourth-order valence-corrected chi connectivity index (χ4v) is 2.55. The molecule has 16 heavy (non-hydrogen) atoms. The molecule has 1 saturated heterocycles. The first-order valence-electron chi connectivity index (χ1n) is 6.12. The van der Waals surface area contributed by atoms with Crippen LogP contribution in [0.2, 0.25) is 0 Å². The lowest BCUT2D eigenvalue weighted by Gasteiger charge is -2.50. The topological polar surface area (TPSA) is 61.7 Å². The molecule has 1 heterocycles. The molecule has 0 amide bonds. The molecule has 0 aromatic heterocycles. The molecule has 1 aliphatic heterocycles. The number of rotatable bonds is 3. The third-order valence-electron chi connectivity index (χ3n) is 4.53. The highest BCUT2D eigenvalue weighted by Crippen LogP contribution is 2.40. The Morgan fingerprint density at radius 3 is 2.56 bits per heavy atom. The van der Waals surface area contributed by atoms with Crippen molar-refractivity contribution in [1.82, 2.24) is 5.32 Å². The summed E-state index contributed by atoms with van der Waals surface area (Å²) in [5, 5.41) is 23.3. The van der Waals surface area contributed by atoms with Gasteiger partial charge in [-0.05, 0) is 13.3 Å². The zero-order chi connectivity index (χ0) is 12.0. The van der Waals surface area contributed by atoms with E-state index in [0.717, 1.165) is 6.42 Å². The smallest absolute Gasteiger partial charge is 0.105 e. The molecule has 3 N–H and O–H groups in total. The van der Waals surface area contributed by atoms with Crippen molar-refractivity contribution >= 4 is 0 Å². The van der Waals surface area contributed by atoms with Crippen LogP contribution in [0.4, 0.5) is 0 Å². The maximum atomic E-state index is 10.3. The van der Waals surface area contributed by atoms with E-state index in [1.54, 1.807) is 0 Å². The molecular formula is C12H23NO3. The second-order valence-corrected chi connectivity index (χ2v) is 5.87. The number of ether oxygens (including phenoxy) is 1. The highest BCUT2D eigenvalue weighted by Gasteiger charge is 2.48. The van der Waals surface area contributed by atoms with E-state index in [1.165, 1.54) is 0 Å². The van der Waals surface area contributed by atoms with Crippen molar-refractivity contribution in [2.75, 3.05) is 13.2 Å². The quantitative estimate of drug-likeness (QED) is 0.650. The normalized spacial score (nSPS) is 46.7. The molecule has 4 nitrogen and oxygen atoms in total. The summed E-state index contributed by atoms with van der Waals surface area (Å²) in [7, 11) is 0. The number of aliphatic hydroxyl groups is 2. The van der Waals surface area contributed by atoms with Crippen molar-refractivity contribution in [2.45, 2.75) is 57.5 Å². The predicted molar refractivity (Wildman–Crippen MR) is 61.2 cm³/mol. The average molecular weight is 229 g/mol. The molecule has 2 rings (SSSR count). The molecule has 2 fully saturated rings.